The molecular formula is C12H10N4O2. The van der Waals surface area contributed by atoms with Gasteiger partial charge < -0.3 is 4.57 Å². The minimum Gasteiger partial charge on any atom is -0.325 e. The number of hydrogen-bond donors (Lipinski definition) is 1. The zero-order chi connectivity index (χ0) is 12.9. The zero-order valence-corrected chi connectivity index (χ0v) is 9.89. The Bertz CT molecular complexity index is 847. The van der Waals surface area contributed by atoms with Crippen LogP contribution in [0.2, 0.25) is 0 Å². The third kappa shape index (κ3) is 1.42. The molecule has 0 fully saturated rings. The molecule has 0 spiro atoms. The summed E-state index contributed by atoms with van der Waals surface area (Å²) in [6.45, 7) is 1.97. The summed E-state index contributed by atoms with van der Waals surface area (Å²) >= 11 is 0. The van der Waals surface area contributed by atoms with E-state index in [4.69, 9.17) is 0 Å². The third-order valence-corrected chi connectivity index (χ3v) is 2.90. The van der Waals surface area contributed by atoms with Gasteiger partial charge in [-0.05, 0) is 24.6 Å². The second-order valence-electron chi connectivity index (χ2n) is 4.21. The van der Waals surface area contributed by atoms with Gasteiger partial charge >= 0.3 is 5.69 Å². The van der Waals surface area contributed by atoms with E-state index in [-0.39, 0.29) is 5.69 Å². The Balaban J connectivity index is 2.61. The van der Waals surface area contributed by atoms with Crippen LogP contribution in [0.4, 0.5) is 0 Å². The van der Waals surface area contributed by atoms with Crippen molar-refractivity contribution in [2.24, 2.45) is 7.05 Å². The summed E-state index contributed by atoms with van der Waals surface area (Å²) in [5.41, 5.74) is 1.61. The van der Waals surface area contributed by atoms with Crippen molar-refractivity contribution in [3.8, 4) is 11.5 Å². The summed E-state index contributed by atoms with van der Waals surface area (Å²) in [6.07, 6.45) is 0. The van der Waals surface area contributed by atoms with Crippen molar-refractivity contribution < 1.29 is 0 Å². The second-order valence-corrected chi connectivity index (χ2v) is 4.21. The summed E-state index contributed by atoms with van der Waals surface area (Å²) < 4.78 is 1.71. The summed E-state index contributed by atoms with van der Waals surface area (Å²) in [5, 5.41) is 0. The average molecular weight is 242 g/mol. The quantitative estimate of drug-likeness (QED) is 0.580. The molecular weight excluding hydrogens is 232 g/mol. The van der Waals surface area contributed by atoms with Crippen LogP contribution in [0.15, 0.2) is 27.8 Å². The first kappa shape index (κ1) is 10.6. The summed E-state index contributed by atoms with van der Waals surface area (Å²) in [4.78, 5) is 33.1. The van der Waals surface area contributed by atoms with Crippen LogP contribution in [0.3, 0.4) is 0 Å². The Morgan fingerprint density at radius 2 is 2.00 bits per heavy atom. The molecule has 2 aliphatic heterocycles. The number of nitrogens with zero attached hydrogens (tertiary/aromatic N) is 3. The molecule has 0 saturated carbocycles. The van der Waals surface area contributed by atoms with Gasteiger partial charge in [0.05, 0.1) is 11.0 Å². The Labute approximate surface area is 101 Å². The van der Waals surface area contributed by atoms with Crippen LogP contribution in [0, 0.1) is 6.92 Å². The van der Waals surface area contributed by atoms with Crippen molar-refractivity contribution >= 4 is 11.0 Å². The van der Waals surface area contributed by atoms with Gasteiger partial charge in [-0.25, -0.2) is 9.78 Å². The topological polar surface area (TPSA) is 80.6 Å². The number of aromatic nitrogens is 4. The molecule has 3 rings (SSSR count). The van der Waals surface area contributed by atoms with Gasteiger partial charge in [-0.1, -0.05) is 6.07 Å². The van der Waals surface area contributed by atoms with E-state index in [2.05, 4.69) is 15.0 Å². The highest BCUT2D eigenvalue weighted by molar-refractivity contribution is 5.79. The molecule has 1 aromatic carbocycles. The van der Waals surface area contributed by atoms with E-state index in [0.29, 0.717) is 11.3 Å². The van der Waals surface area contributed by atoms with Crippen LogP contribution in [0.5, 0.6) is 0 Å². The predicted molar refractivity (Wildman–Crippen MR) is 66.8 cm³/mol. The molecule has 0 amide bonds. The van der Waals surface area contributed by atoms with Gasteiger partial charge in [-0.2, -0.15) is 4.98 Å². The fourth-order valence-electron chi connectivity index (χ4n) is 2.00. The Kier molecular flexibility index (Phi) is 2.07. The lowest BCUT2D eigenvalue weighted by Gasteiger charge is -2.12. The first-order valence-electron chi connectivity index (χ1n) is 5.44. The van der Waals surface area contributed by atoms with E-state index in [9.17, 15) is 9.59 Å². The van der Waals surface area contributed by atoms with Crippen LogP contribution < -0.4 is 11.2 Å². The van der Waals surface area contributed by atoms with Crippen molar-refractivity contribution in [3.63, 3.8) is 0 Å². The predicted octanol–water partition coefficient (Wildman–Crippen LogP) is 0.430. The largest absolute Gasteiger partial charge is 0.349 e. The van der Waals surface area contributed by atoms with Gasteiger partial charge in [0, 0.05) is 7.05 Å². The molecule has 2 heterocycles. The monoisotopic (exact) mass is 242 g/mol. The molecule has 0 aliphatic carbocycles. The lowest BCUT2D eigenvalue weighted by molar-refractivity contribution is 0.870. The molecule has 6 nitrogen and oxygen atoms in total. The van der Waals surface area contributed by atoms with Gasteiger partial charge in [-0.15, -0.1) is 0 Å². The van der Waals surface area contributed by atoms with Gasteiger partial charge in [0.15, 0.2) is 11.5 Å². The smallest absolute Gasteiger partial charge is 0.325 e. The average Bonchev–Trinajstić information content (AvgIpc) is 2.32. The first-order chi connectivity index (χ1) is 8.56. The maximum Gasteiger partial charge on any atom is 0.349 e. The van der Waals surface area contributed by atoms with Gasteiger partial charge in [0.1, 0.15) is 0 Å². The number of hydrogen-bond acceptors (Lipinski definition) is 4. The zero-order valence-electron chi connectivity index (χ0n) is 9.89. The SMILES string of the molecule is Cc1ccc2nc3c(=O)[nH]c(=O)nc-3n(C)c2c1. The standard InChI is InChI=1S/C12H10N4O2/c1-6-3-4-7-8(5-6)16(2)10-9(13-7)11(17)15-12(18)14-10/h3-5H,1-2H3,(H,15,17,18). The van der Waals surface area contributed by atoms with Crippen molar-refractivity contribution in [3.05, 3.63) is 44.6 Å². The third-order valence-electron chi connectivity index (χ3n) is 2.90. The number of nitrogens with one attached hydrogen (secondary N) is 1. The minimum absolute atomic E-state index is 0.174. The fourth-order valence-corrected chi connectivity index (χ4v) is 2.00. The van der Waals surface area contributed by atoms with Gasteiger partial charge in [0.2, 0.25) is 0 Å². The number of H-pyrrole nitrogens is 1. The van der Waals surface area contributed by atoms with Crippen LogP contribution in [0.1, 0.15) is 5.56 Å². The fraction of sp³-hybridized carbons (Fsp3) is 0.167. The molecule has 0 radical (unpaired) electrons. The molecule has 90 valence electrons. The van der Waals surface area contributed by atoms with Crippen molar-refractivity contribution in [1.82, 2.24) is 19.5 Å². The number of benzene rings is 1. The van der Waals surface area contributed by atoms with E-state index in [1.165, 1.54) is 0 Å². The van der Waals surface area contributed by atoms with E-state index in [1.807, 2.05) is 25.1 Å². The highest BCUT2D eigenvalue weighted by Gasteiger charge is 2.16. The highest BCUT2D eigenvalue weighted by atomic mass is 16.2. The van der Waals surface area contributed by atoms with E-state index in [1.54, 1.807) is 11.6 Å². The first-order valence-corrected chi connectivity index (χ1v) is 5.44. The lowest BCUT2D eigenvalue weighted by atomic mass is 10.2. The molecule has 1 aromatic rings. The number of aromatic amines is 1. The maximum atomic E-state index is 11.7. The number of aryl methyl sites for hydroxylation is 2. The van der Waals surface area contributed by atoms with Crippen LogP contribution in [0.25, 0.3) is 22.6 Å². The molecule has 0 aromatic heterocycles. The Hall–Kier alpha value is -2.50. The molecule has 0 bridgehead atoms. The lowest BCUT2D eigenvalue weighted by Crippen LogP contribution is -2.28. The molecule has 0 saturated heterocycles. The molecule has 18 heavy (non-hydrogen) atoms. The van der Waals surface area contributed by atoms with Crippen LogP contribution in [-0.4, -0.2) is 19.5 Å². The van der Waals surface area contributed by atoms with E-state index in [0.717, 1.165) is 11.1 Å². The highest BCUT2D eigenvalue weighted by Crippen LogP contribution is 2.19. The molecule has 1 N–H and O–H groups in total. The molecule has 0 unspecified atom stereocenters. The maximum absolute atomic E-state index is 11.7. The molecule has 2 aliphatic rings. The number of rotatable bonds is 0. The van der Waals surface area contributed by atoms with Crippen LogP contribution >= 0.6 is 0 Å². The second kappa shape index (κ2) is 3.49. The Morgan fingerprint density at radius 3 is 2.78 bits per heavy atom. The van der Waals surface area contributed by atoms with E-state index >= 15 is 0 Å². The number of fused-ring (bicyclic) bond motifs is 2. The van der Waals surface area contributed by atoms with Crippen molar-refractivity contribution in [2.75, 3.05) is 0 Å². The van der Waals surface area contributed by atoms with Gasteiger partial charge in [0.25, 0.3) is 5.56 Å². The van der Waals surface area contributed by atoms with E-state index < -0.39 is 11.2 Å². The Morgan fingerprint density at radius 1 is 1.22 bits per heavy atom. The van der Waals surface area contributed by atoms with Crippen LogP contribution in [-0.2, 0) is 7.05 Å². The van der Waals surface area contributed by atoms with Gasteiger partial charge in [-0.3, -0.25) is 9.78 Å². The van der Waals surface area contributed by atoms with Crippen molar-refractivity contribution in [1.29, 1.82) is 0 Å². The molecule has 0 atom stereocenters. The molecule has 6 heteroatoms. The minimum atomic E-state index is -0.656. The van der Waals surface area contributed by atoms with Crippen molar-refractivity contribution in [2.45, 2.75) is 6.92 Å². The summed E-state index contributed by atoms with van der Waals surface area (Å²) in [6, 6.07) is 5.70. The summed E-state index contributed by atoms with van der Waals surface area (Å²) in [7, 11) is 1.76. The normalized spacial score (nSPS) is 11.2. The summed E-state index contributed by atoms with van der Waals surface area (Å²) in [5.74, 6) is 0.293.